The zero-order chi connectivity index (χ0) is 13.3. The van der Waals surface area contributed by atoms with Crippen molar-refractivity contribution in [1.29, 1.82) is 0 Å². The molecular formula is C14H30S2Si. The van der Waals surface area contributed by atoms with Crippen LogP contribution in [0, 0.1) is 0 Å². The molecule has 0 aromatic heterocycles. The van der Waals surface area contributed by atoms with Gasteiger partial charge in [0.15, 0.2) is 0 Å². The summed E-state index contributed by atoms with van der Waals surface area (Å²) in [5.41, 5.74) is 2.64. The fraction of sp³-hybridized carbons (Fsp3) is 1.00. The van der Waals surface area contributed by atoms with Crippen LogP contribution in [-0.4, -0.2) is 23.3 Å². The lowest BCUT2D eigenvalue weighted by molar-refractivity contribution is 0.781. The van der Waals surface area contributed by atoms with Crippen molar-refractivity contribution in [3.63, 3.8) is 0 Å². The van der Waals surface area contributed by atoms with E-state index in [0.717, 1.165) is 16.6 Å². The van der Waals surface area contributed by atoms with Crippen LogP contribution in [0.25, 0.3) is 0 Å². The summed E-state index contributed by atoms with van der Waals surface area (Å²) in [6.07, 6.45) is 1.41. The Morgan fingerprint density at radius 2 is 1.18 bits per heavy atom. The van der Waals surface area contributed by atoms with E-state index in [9.17, 15) is 0 Å². The van der Waals surface area contributed by atoms with Crippen molar-refractivity contribution in [2.75, 3.05) is 11.5 Å². The highest BCUT2D eigenvalue weighted by Crippen LogP contribution is 2.59. The van der Waals surface area contributed by atoms with Gasteiger partial charge in [0.2, 0.25) is 0 Å². The van der Waals surface area contributed by atoms with Crippen LogP contribution in [0.5, 0.6) is 0 Å². The quantitative estimate of drug-likeness (QED) is 0.601. The van der Waals surface area contributed by atoms with Gasteiger partial charge in [0.25, 0.3) is 0 Å². The molecule has 1 heterocycles. The number of rotatable bonds is 4. The third-order valence-electron chi connectivity index (χ3n) is 4.70. The van der Waals surface area contributed by atoms with Crippen LogP contribution in [0.3, 0.4) is 0 Å². The number of hydrogen-bond acceptors (Lipinski definition) is 2. The maximum Gasteiger partial charge on any atom is 0.0914 e. The zero-order valence-electron chi connectivity index (χ0n) is 12.7. The average Bonchev–Trinajstić information content (AvgIpc) is 2.16. The van der Waals surface area contributed by atoms with E-state index in [-0.39, 0.29) is 0 Å². The Morgan fingerprint density at radius 3 is 1.47 bits per heavy atom. The molecule has 1 aliphatic heterocycles. The summed E-state index contributed by atoms with van der Waals surface area (Å²) in [5.74, 6) is 2.76. The van der Waals surface area contributed by atoms with Crippen molar-refractivity contribution in [2.45, 2.75) is 75.2 Å². The lowest BCUT2D eigenvalue weighted by atomic mass is 10.5. The molecule has 0 nitrogen and oxygen atoms in total. The van der Waals surface area contributed by atoms with Gasteiger partial charge >= 0.3 is 0 Å². The second kappa shape index (κ2) is 5.92. The van der Waals surface area contributed by atoms with E-state index < -0.39 is 8.07 Å². The SMILES string of the molecule is CC(C)[Si](C(C)C)(C(C)C)C1(C)SCCCS1. The standard InChI is InChI=1S/C14H30S2Si/c1-11(2)17(12(3)4,13(5)6)14(7)15-9-8-10-16-14/h11-13H,8-10H2,1-7H3. The van der Waals surface area contributed by atoms with Crippen molar-refractivity contribution >= 4 is 31.6 Å². The molecule has 102 valence electrons. The molecule has 0 amide bonds. The van der Waals surface area contributed by atoms with Crippen LogP contribution >= 0.6 is 23.5 Å². The molecular weight excluding hydrogens is 260 g/mol. The van der Waals surface area contributed by atoms with Gasteiger partial charge in [0.05, 0.1) is 11.8 Å². The van der Waals surface area contributed by atoms with Gasteiger partial charge in [0, 0.05) is 0 Å². The molecule has 1 fully saturated rings. The van der Waals surface area contributed by atoms with E-state index in [2.05, 4.69) is 72.0 Å². The molecule has 0 aromatic rings. The Balaban J connectivity index is 3.19. The van der Waals surface area contributed by atoms with Crippen molar-refractivity contribution in [3.05, 3.63) is 0 Å². The summed E-state index contributed by atoms with van der Waals surface area (Å²) in [6.45, 7) is 17.5. The van der Waals surface area contributed by atoms with Gasteiger partial charge in [-0.25, -0.2) is 0 Å². The van der Waals surface area contributed by atoms with Gasteiger partial charge < -0.3 is 0 Å². The molecule has 0 aromatic carbocycles. The molecule has 0 spiro atoms. The Bertz CT molecular complexity index is 221. The van der Waals surface area contributed by atoms with Gasteiger partial charge in [-0.05, 0) is 41.5 Å². The summed E-state index contributed by atoms with van der Waals surface area (Å²) in [6, 6.07) is 0. The van der Waals surface area contributed by atoms with E-state index in [1.54, 1.807) is 0 Å². The molecule has 0 aliphatic carbocycles. The second-order valence-electron chi connectivity index (χ2n) is 6.39. The smallest absolute Gasteiger partial charge is 0.0914 e. The summed E-state index contributed by atoms with van der Waals surface area (Å²) >= 11 is 4.56. The van der Waals surface area contributed by atoms with Gasteiger partial charge in [-0.3, -0.25) is 0 Å². The monoisotopic (exact) mass is 290 g/mol. The Hall–Kier alpha value is 0.917. The highest BCUT2D eigenvalue weighted by Gasteiger charge is 2.57. The maximum atomic E-state index is 2.58. The van der Waals surface area contributed by atoms with E-state index in [0.29, 0.717) is 3.70 Å². The molecule has 0 N–H and O–H groups in total. The molecule has 0 atom stereocenters. The van der Waals surface area contributed by atoms with Crippen LogP contribution < -0.4 is 0 Å². The molecule has 0 unspecified atom stereocenters. The van der Waals surface area contributed by atoms with Crippen LogP contribution in [-0.2, 0) is 0 Å². The van der Waals surface area contributed by atoms with Crippen LogP contribution in [0.4, 0.5) is 0 Å². The predicted molar refractivity (Wildman–Crippen MR) is 89.0 cm³/mol. The van der Waals surface area contributed by atoms with E-state index >= 15 is 0 Å². The zero-order valence-corrected chi connectivity index (χ0v) is 15.3. The summed E-state index contributed by atoms with van der Waals surface area (Å²) in [5, 5.41) is 0. The number of thioether (sulfide) groups is 2. The van der Waals surface area contributed by atoms with Crippen LogP contribution in [0.1, 0.15) is 54.9 Å². The first-order valence-corrected chi connectivity index (χ1v) is 11.3. The third-order valence-corrected chi connectivity index (χ3v) is 17.8. The first-order chi connectivity index (χ1) is 7.79. The lowest BCUT2D eigenvalue weighted by Crippen LogP contribution is -2.60. The Kier molecular flexibility index (Phi) is 5.56. The second-order valence-corrected chi connectivity index (χ2v) is 16.7. The molecule has 3 heteroatoms. The molecule has 17 heavy (non-hydrogen) atoms. The summed E-state index contributed by atoms with van der Waals surface area (Å²) in [7, 11) is -1.33. The Labute approximate surface area is 118 Å². The normalized spacial score (nSPS) is 21.5. The topological polar surface area (TPSA) is 0 Å². The molecule has 0 radical (unpaired) electrons. The van der Waals surface area contributed by atoms with E-state index in [4.69, 9.17) is 0 Å². The summed E-state index contributed by atoms with van der Waals surface area (Å²) < 4.78 is 0.530. The fourth-order valence-electron chi connectivity index (χ4n) is 4.46. The first kappa shape index (κ1) is 16.0. The average molecular weight is 291 g/mol. The minimum absolute atomic E-state index is 0.530. The fourth-order valence-corrected chi connectivity index (χ4v) is 20.8. The highest BCUT2D eigenvalue weighted by atomic mass is 32.2. The van der Waals surface area contributed by atoms with Gasteiger partial charge in [-0.15, -0.1) is 23.5 Å². The molecule has 0 bridgehead atoms. The van der Waals surface area contributed by atoms with Gasteiger partial charge in [-0.1, -0.05) is 41.5 Å². The van der Waals surface area contributed by atoms with Crippen LogP contribution in [0.15, 0.2) is 0 Å². The largest absolute Gasteiger partial charge is 0.148 e. The van der Waals surface area contributed by atoms with Gasteiger partial charge in [-0.2, -0.15) is 0 Å². The van der Waals surface area contributed by atoms with Crippen molar-refractivity contribution in [2.24, 2.45) is 0 Å². The van der Waals surface area contributed by atoms with E-state index in [1.807, 2.05) is 0 Å². The molecule has 1 saturated heterocycles. The van der Waals surface area contributed by atoms with Crippen molar-refractivity contribution < 1.29 is 0 Å². The molecule has 1 rings (SSSR count). The predicted octanol–water partition coefficient (Wildman–Crippen LogP) is 5.79. The van der Waals surface area contributed by atoms with Gasteiger partial charge in [0.1, 0.15) is 0 Å². The van der Waals surface area contributed by atoms with E-state index in [1.165, 1.54) is 17.9 Å². The third kappa shape index (κ3) is 2.62. The molecule has 0 saturated carbocycles. The summed E-state index contributed by atoms with van der Waals surface area (Å²) in [4.78, 5) is 0. The minimum atomic E-state index is -1.33. The Morgan fingerprint density at radius 1 is 0.824 bits per heavy atom. The lowest BCUT2D eigenvalue weighted by Gasteiger charge is -2.56. The van der Waals surface area contributed by atoms with Crippen molar-refractivity contribution in [3.8, 4) is 0 Å². The minimum Gasteiger partial charge on any atom is -0.148 e. The molecule has 1 aliphatic rings. The van der Waals surface area contributed by atoms with Crippen LogP contribution in [0.2, 0.25) is 16.6 Å². The first-order valence-electron chi connectivity index (χ1n) is 7.07. The maximum absolute atomic E-state index is 2.58. The highest BCUT2D eigenvalue weighted by molar-refractivity contribution is 8.21. The van der Waals surface area contributed by atoms with Crippen molar-refractivity contribution in [1.82, 2.24) is 0 Å². The number of hydrogen-bond donors (Lipinski definition) is 0.